The van der Waals surface area contributed by atoms with Crippen molar-refractivity contribution in [3.8, 4) is 0 Å². The molecule has 0 spiro atoms. The molecule has 0 amide bonds. The summed E-state index contributed by atoms with van der Waals surface area (Å²) >= 11 is 0. The molecule has 1 aliphatic carbocycles. The third-order valence-electron chi connectivity index (χ3n) is 3.94. The van der Waals surface area contributed by atoms with E-state index in [-0.39, 0.29) is 0 Å². The van der Waals surface area contributed by atoms with Crippen molar-refractivity contribution in [3.63, 3.8) is 0 Å². The van der Waals surface area contributed by atoms with Crippen LogP contribution in [-0.2, 0) is 14.8 Å². The highest BCUT2D eigenvalue weighted by Gasteiger charge is 2.59. The third-order valence-corrected chi connectivity index (χ3v) is 6.57. The highest BCUT2D eigenvalue weighted by atomic mass is 32.2. The molecule has 0 radical (unpaired) electrons. The van der Waals surface area contributed by atoms with Gasteiger partial charge in [-0.2, -0.15) is 17.5 Å². The minimum Gasteiger partial charge on any atom is -0.481 e. The van der Waals surface area contributed by atoms with Crippen molar-refractivity contribution in [1.82, 2.24) is 4.31 Å². The summed E-state index contributed by atoms with van der Waals surface area (Å²) in [4.78, 5) is 10.9. The van der Waals surface area contributed by atoms with Crippen molar-refractivity contribution in [3.05, 3.63) is 0 Å². The lowest BCUT2D eigenvalue weighted by Crippen LogP contribution is -2.38. The molecule has 2 fully saturated rings. The SMILES string of the molecule is CC1(S(=O)(=O)N2C[C@@H](C(F)(F)F)[C@H](C(=O)O)C2)CC1. The van der Waals surface area contributed by atoms with Crippen molar-refractivity contribution >= 4 is 16.0 Å². The number of nitrogens with zero attached hydrogens (tertiary/aromatic N) is 1. The molecule has 9 heteroatoms. The fourth-order valence-electron chi connectivity index (χ4n) is 2.29. The van der Waals surface area contributed by atoms with Crippen molar-refractivity contribution in [2.75, 3.05) is 13.1 Å². The Balaban J connectivity index is 2.26. The molecule has 0 aromatic rings. The molecule has 5 nitrogen and oxygen atoms in total. The maximum atomic E-state index is 12.8. The molecule has 1 saturated carbocycles. The topological polar surface area (TPSA) is 74.7 Å². The van der Waals surface area contributed by atoms with Crippen LogP contribution in [0.25, 0.3) is 0 Å². The maximum Gasteiger partial charge on any atom is 0.393 e. The van der Waals surface area contributed by atoms with Crippen LogP contribution < -0.4 is 0 Å². The number of carboxylic acid groups (broad SMARTS) is 1. The van der Waals surface area contributed by atoms with E-state index >= 15 is 0 Å². The zero-order valence-electron chi connectivity index (χ0n) is 10.1. The second kappa shape index (κ2) is 4.08. The van der Waals surface area contributed by atoms with Crippen LogP contribution in [-0.4, -0.2) is 47.8 Å². The standard InChI is InChI=1S/C10H14F3NO4S/c1-9(2-3-9)19(17,18)14-4-6(8(15)16)7(5-14)10(11,12)13/h6-7H,2-5H2,1H3,(H,15,16)/t6-,7-/m1/s1. The lowest BCUT2D eigenvalue weighted by Gasteiger charge is -2.21. The molecular weight excluding hydrogens is 287 g/mol. The predicted octanol–water partition coefficient (Wildman–Crippen LogP) is 1.06. The second-order valence-electron chi connectivity index (χ2n) is 5.36. The van der Waals surface area contributed by atoms with Crippen LogP contribution in [0.15, 0.2) is 0 Å². The molecule has 0 unspecified atom stereocenters. The Bertz CT molecular complexity index is 497. The minimum absolute atomic E-state index is 0.403. The zero-order chi connectivity index (χ0) is 14.6. The number of carboxylic acids is 1. The quantitative estimate of drug-likeness (QED) is 0.846. The summed E-state index contributed by atoms with van der Waals surface area (Å²) in [5, 5.41) is 8.83. The van der Waals surface area contributed by atoms with Gasteiger partial charge < -0.3 is 5.11 Å². The molecule has 110 valence electrons. The molecule has 0 aromatic carbocycles. The van der Waals surface area contributed by atoms with Crippen molar-refractivity contribution in [2.24, 2.45) is 11.8 Å². The molecule has 1 N–H and O–H groups in total. The fraction of sp³-hybridized carbons (Fsp3) is 0.900. The van der Waals surface area contributed by atoms with Crippen molar-refractivity contribution in [2.45, 2.75) is 30.7 Å². The van der Waals surface area contributed by atoms with Gasteiger partial charge in [0, 0.05) is 13.1 Å². The normalized spacial score (nSPS) is 31.4. The van der Waals surface area contributed by atoms with E-state index in [1.807, 2.05) is 0 Å². The third kappa shape index (κ3) is 2.33. The van der Waals surface area contributed by atoms with Crippen LogP contribution in [0.4, 0.5) is 13.2 Å². The molecule has 1 saturated heterocycles. The Morgan fingerprint density at radius 2 is 1.84 bits per heavy atom. The van der Waals surface area contributed by atoms with Gasteiger partial charge in [0.2, 0.25) is 10.0 Å². The highest BCUT2D eigenvalue weighted by molar-refractivity contribution is 7.90. The van der Waals surface area contributed by atoms with Gasteiger partial charge in [-0.25, -0.2) is 8.42 Å². The number of sulfonamides is 1. The summed E-state index contributed by atoms with van der Waals surface area (Å²) in [5.74, 6) is -5.47. The average Bonchev–Trinajstić information content (AvgIpc) is 2.83. The summed E-state index contributed by atoms with van der Waals surface area (Å²) < 4.78 is 62.2. The number of rotatable bonds is 3. The number of hydrogen-bond donors (Lipinski definition) is 1. The maximum absolute atomic E-state index is 12.8. The van der Waals surface area contributed by atoms with E-state index in [0.717, 1.165) is 0 Å². The van der Waals surface area contributed by atoms with Crippen molar-refractivity contribution < 1.29 is 31.5 Å². The summed E-state index contributed by atoms with van der Waals surface area (Å²) in [5.41, 5.74) is 0. The van der Waals surface area contributed by atoms with Crippen LogP contribution in [0.3, 0.4) is 0 Å². The number of aliphatic carboxylic acids is 1. The average molecular weight is 301 g/mol. The second-order valence-corrected chi connectivity index (χ2v) is 7.82. The molecule has 0 aromatic heterocycles. The van der Waals surface area contributed by atoms with Gasteiger partial charge in [-0.05, 0) is 19.8 Å². The Morgan fingerprint density at radius 1 is 1.32 bits per heavy atom. The van der Waals surface area contributed by atoms with Gasteiger partial charge in [-0.15, -0.1) is 0 Å². The van der Waals surface area contributed by atoms with E-state index in [4.69, 9.17) is 5.11 Å². The first kappa shape index (κ1) is 14.6. The predicted molar refractivity (Wildman–Crippen MR) is 58.8 cm³/mol. The van der Waals surface area contributed by atoms with Gasteiger partial charge in [-0.3, -0.25) is 4.79 Å². The zero-order valence-corrected chi connectivity index (χ0v) is 11.0. The van der Waals surface area contributed by atoms with Gasteiger partial charge in [0.25, 0.3) is 0 Å². The first-order valence-corrected chi connectivity index (χ1v) is 7.22. The molecule has 1 aliphatic heterocycles. The van der Waals surface area contributed by atoms with E-state index in [2.05, 4.69) is 0 Å². The van der Waals surface area contributed by atoms with Crippen LogP contribution >= 0.6 is 0 Å². The van der Waals surface area contributed by atoms with E-state index in [9.17, 15) is 26.4 Å². The van der Waals surface area contributed by atoms with Gasteiger partial charge in [0.1, 0.15) is 0 Å². The number of carbonyl (C=O) groups is 1. The molecule has 0 bridgehead atoms. The van der Waals surface area contributed by atoms with Crippen molar-refractivity contribution in [1.29, 1.82) is 0 Å². The van der Waals surface area contributed by atoms with Crippen LogP contribution in [0.2, 0.25) is 0 Å². The lowest BCUT2D eigenvalue weighted by atomic mass is 9.96. The largest absolute Gasteiger partial charge is 0.481 e. The van der Waals surface area contributed by atoms with E-state index in [1.54, 1.807) is 0 Å². The summed E-state index contributed by atoms with van der Waals surface area (Å²) in [6, 6.07) is 0. The number of hydrogen-bond acceptors (Lipinski definition) is 3. The Kier molecular flexibility index (Phi) is 3.13. The molecule has 2 atom stereocenters. The monoisotopic (exact) mass is 301 g/mol. The van der Waals surface area contributed by atoms with Crippen LogP contribution in [0.5, 0.6) is 0 Å². The molecular formula is C10H14F3NO4S. The number of halogens is 3. The molecule has 19 heavy (non-hydrogen) atoms. The van der Waals surface area contributed by atoms with Crippen LogP contribution in [0, 0.1) is 11.8 Å². The van der Waals surface area contributed by atoms with E-state index in [1.165, 1.54) is 6.92 Å². The molecule has 1 heterocycles. The minimum atomic E-state index is -4.71. The number of alkyl halides is 3. The first-order chi connectivity index (χ1) is 8.49. The van der Waals surface area contributed by atoms with Gasteiger partial charge in [0.05, 0.1) is 16.6 Å². The van der Waals surface area contributed by atoms with Crippen LogP contribution in [0.1, 0.15) is 19.8 Å². The smallest absolute Gasteiger partial charge is 0.393 e. The summed E-state index contributed by atoms with van der Waals surface area (Å²) in [7, 11) is -3.85. The van der Waals surface area contributed by atoms with Gasteiger partial charge in [0.15, 0.2) is 0 Å². The Labute approximate surface area is 108 Å². The molecule has 2 rings (SSSR count). The fourth-order valence-corrected chi connectivity index (χ4v) is 4.25. The van der Waals surface area contributed by atoms with E-state index in [0.29, 0.717) is 17.1 Å². The Hall–Kier alpha value is -0.830. The summed E-state index contributed by atoms with van der Waals surface area (Å²) in [6.07, 6.45) is -3.90. The van der Waals surface area contributed by atoms with Gasteiger partial charge >= 0.3 is 12.1 Å². The lowest BCUT2D eigenvalue weighted by molar-refractivity contribution is -0.187. The first-order valence-electron chi connectivity index (χ1n) is 5.78. The summed E-state index contributed by atoms with van der Waals surface area (Å²) in [6.45, 7) is 0.0782. The van der Waals surface area contributed by atoms with Gasteiger partial charge in [-0.1, -0.05) is 0 Å². The highest BCUT2D eigenvalue weighted by Crippen LogP contribution is 2.47. The van der Waals surface area contributed by atoms with E-state index < -0.39 is 51.8 Å². The Morgan fingerprint density at radius 3 is 2.16 bits per heavy atom. The molecule has 2 aliphatic rings.